The lowest BCUT2D eigenvalue weighted by Gasteiger charge is -2.29. The van der Waals surface area contributed by atoms with Gasteiger partial charge in [0.05, 0.1) is 0 Å². The molecule has 428 valence electrons. The van der Waals surface area contributed by atoms with Gasteiger partial charge in [0, 0.05) is 45.0 Å². The first-order valence-electron chi connectivity index (χ1n) is 31.0. The first kappa shape index (κ1) is 60.6. The van der Waals surface area contributed by atoms with E-state index < -0.39 is 0 Å². The first-order chi connectivity index (χ1) is 41.6. The molecule has 0 fully saturated rings. The molecule has 2 heteroatoms. The van der Waals surface area contributed by atoms with Crippen molar-refractivity contribution < 1.29 is 0 Å². The maximum Gasteiger partial charge on any atom is 0.0462 e. The van der Waals surface area contributed by atoms with Crippen molar-refractivity contribution in [3.63, 3.8) is 0 Å². The number of allylic oxidation sites excluding steroid dienone is 6. The van der Waals surface area contributed by atoms with Gasteiger partial charge in [-0.25, -0.2) is 0 Å². The van der Waals surface area contributed by atoms with E-state index in [1.165, 1.54) is 89.5 Å². The van der Waals surface area contributed by atoms with Gasteiger partial charge in [0.15, 0.2) is 0 Å². The van der Waals surface area contributed by atoms with Crippen LogP contribution in [0.1, 0.15) is 141 Å². The molecule has 9 aromatic carbocycles. The average molecular weight is 1110 g/mol. The number of hydrogen-bond acceptors (Lipinski definition) is 2. The summed E-state index contributed by atoms with van der Waals surface area (Å²) in [6.45, 7) is 13.7. The second-order valence-electron chi connectivity index (χ2n) is 23.3. The molecule has 0 aliphatic rings. The summed E-state index contributed by atoms with van der Waals surface area (Å²) in [5.74, 6) is 0. The zero-order chi connectivity index (χ0) is 59.1. The van der Waals surface area contributed by atoms with Crippen molar-refractivity contribution in [2.45, 2.75) is 110 Å². The van der Waals surface area contributed by atoms with Crippen molar-refractivity contribution in [2.24, 2.45) is 0 Å². The van der Waals surface area contributed by atoms with Crippen LogP contribution < -0.4 is 9.80 Å². The summed E-state index contributed by atoms with van der Waals surface area (Å²) in [5.41, 5.74) is 18.8. The molecule has 2 nitrogen and oxygen atoms in total. The highest BCUT2D eigenvalue weighted by molar-refractivity contribution is 5.80. The van der Waals surface area contributed by atoms with Gasteiger partial charge < -0.3 is 9.80 Å². The summed E-state index contributed by atoms with van der Waals surface area (Å²) in [5, 5.41) is 0. The van der Waals surface area contributed by atoms with E-state index in [2.05, 4.69) is 349 Å². The minimum Gasteiger partial charge on any atom is -0.311 e. The van der Waals surface area contributed by atoms with Crippen LogP contribution in [0.4, 0.5) is 34.1 Å². The van der Waals surface area contributed by atoms with E-state index in [0.29, 0.717) is 0 Å². The van der Waals surface area contributed by atoms with E-state index in [-0.39, 0.29) is 10.8 Å². The summed E-state index contributed by atoms with van der Waals surface area (Å²) in [6, 6.07) is 84.0. The predicted molar refractivity (Wildman–Crippen MR) is 373 cm³/mol. The molecule has 2 unspecified atom stereocenters. The van der Waals surface area contributed by atoms with Crippen LogP contribution >= 0.6 is 0 Å². The van der Waals surface area contributed by atoms with Crippen molar-refractivity contribution in [3.05, 3.63) is 323 Å². The second-order valence-corrected chi connectivity index (χ2v) is 23.3. The average Bonchev–Trinajstić information content (AvgIpc) is 3.25. The monoisotopic (exact) mass is 1110 g/mol. The highest BCUT2D eigenvalue weighted by Crippen LogP contribution is 2.40. The van der Waals surface area contributed by atoms with Gasteiger partial charge in [-0.15, -0.1) is 0 Å². The molecule has 0 radical (unpaired) electrons. The molecular formula is C83H86N2. The van der Waals surface area contributed by atoms with Crippen LogP contribution in [0.25, 0.3) is 36.5 Å². The van der Waals surface area contributed by atoms with Crippen molar-refractivity contribution in [2.75, 3.05) is 9.80 Å². The summed E-state index contributed by atoms with van der Waals surface area (Å²) in [7, 11) is 0. The minimum atomic E-state index is -0.138. The molecule has 0 saturated heterocycles. The van der Waals surface area contributed by atoms with Crippen LogP contribution in [0.15, 0.2) is 267 Å². The fourth-order valence-electron chi connectivity index (χ4n) is 11.1. The molecule has 0 aromatic heterocycles. The summed E-state index contributed by atoms with van der Waals surface area (Å²) in [6.07, 6.45) is 37.4. The third-order valence-corrected chi connectivity index (χ3v) is 16.5. The standard InChI is InChI=1S/C83H86N2/c1-7-9-11-22-63-83(6,75-47-59-81(60-48-75)84(76-49-31-66(3)32-50-76)78-53-41-70(42-54-78)29-19-18-28-68-24-14-12-15-25-68)65-61-73-39-37-71(38-40-73)35-36-72-43-55-79(56-44-72)85(77-51-33-67(4)34-52-77)80-57-45-74(46-58-80)82(5,62-21-10-8-2)64-23-20-30-69-26-16-13-17-27-69/h12-20,23-61,64-65H,7-11,21-22,62-63H2,1-6H3. The largest absolute Gasteiger partial charge is 0.311 e. The van der Waals surface area contributed by atoms with E-state index in [0.717, 1.165) is 58.1 Å². The van der Waals surface area contributed by atoms with Crippen LogP contribution in [0.2, 0.25) is 0 Å². The normalized spacial score (nSPS) is 13.4. The van der Waals surface area contributed by atoms with Gasteiger partial charge in [-0.1, -0.05) is 314 Å². The van der Waals surface area contributed by atoms with E-state index in [1.807, 2.05) is 6.07 Å². The molecule has 85 heavy (non-hydrogen) atoms. The molecule has 0 N–H and O–H groups in total. The van der Waals surface area contributed by atoms with Crippen LogP contribution in [0, 0.1) is 13.8 Å². The molecule has 0 aliphatic carbocycles. The number of benzene rings is 9. The van der Waals surface area contributed by atoms with Crippen LogP contribution in [0.3, 0.4) is 0 Å². The molecule has 0 heterocycles. The summed E-state index contributed by atoms with van der Waals surface area (Å²) in [4.78, 5) is 4.73. The number of aryl methyl sites for hydroxylation is 2. The predicted octanol–water partition coefficient (Wildman–Crippen LogP) is 24.2. The molecule has 0 amide bonds. The quantitative estimate of drug-likeness (QED) is 0.0288. The third kappa shape index (κ3) is 17.3. The topological polar surface area (TPSA) is 6.48 Å². The maximum atomic E-state index is 2.45. The van der Waals surface area contributed by atoms with Crippen molar-refractivity contribution >= 4 is 70.6 Å². The minimum absolute atomic E-state index is 0.0830. The lowest BCUT2D eigenvalue weighted by Crippen LogP contribution is -2.19. The highest BCUT2D eigenvalue weighted by Gasteiger charge is 2.25. The van der Waals surface area contributed by atoms with Gasteiger partial charge in [0.2, 0.25) is 0 Å². The molecule has 0 spiro atoms. The van der Waals surface area contributed by atoms with E-state index in [1.54, 1.807) is 0 Å². The molecule has 9 rings (SSSR count). The zero-order valence-electron chi connectivity index (χ0n) is 51.1. The van der Waals surface area contributed by atoms with Gasteiger partial charge in [-0.2, -0.15) is 0 Å². The van der Waals surface area contributed by atoms with E-state index in [9.17, 15) is 0 Å². The Morgan fingerprint density at radius 1 is 0.282 bits per heavy atom. The van der Waals surface area contributed by atoms with Gasteiger partial charge >= 0.3 is 0 Å². The van der Waals surface area contributed by atoms with Gasteiger partial charge in [-0.05, 0) is 144 Å². The number of hydrogen-bond donors (Lipinski definition) is 0. The highest BCUT2D eigenvalue weighted by atomic mass is 15.1. The Hall–Kier alpha value is -8.98. The summed E-state index contributed by atoms with van der Waals surface area (Å²) >= 11 is 0. The molecule has 9 aromatic rings. The molecule has 0 aliphatic heterocycles. The lowest BCUT2D eigenvalue weighted by atomic mass is 9.77. The Morgan fingerprint density at radius 3 is 0.976 bits per heavy atom. The van der Waals surface area contributed by atoms with Crippen LogP contribution in [-0.4, -0.2) is 0 Å². The van der Waals surface area contributed by atoms with Crippen molar-refractivity contribution in [3.8, 4) is 0 Å². The third-order valence-electron chi connectivity index (χ3n) is 16.5. The molecule has 0 saturated carbocycles. The number of unbranched alkanes of at least 4 members (excludes halogenated alkanes) is 5. The smallest absolute Gasteiger partial charge is 0.0462 e. The van der Waals surface area contributed by atoms with E-state index in [4.69, 9.17) is 0 Å². The Morgan fingerprint density at radius 2 is 0.576 bits per heavy atom. The van der Waals surface area contributed by atoms with Gasteiger partial charge in [-0.3, -0.25) is 0 Å². The fourth-order valence-corrected chi connectivity index (χ4v) is 11.1. The molecule has 2 atom stereocenters. The first-order valence-corrected chi connectivity index (χ1v) is 31.0. The zero-order valence-corrected chi connectivity index (χ0v) is 51.1. The Balaban J connectivity index is 0.890. The summed E-state index contributed by atoms with van der Waals surface area (Å²) < 4.78 is 0. The molecule has 0 bridgehead atoms. The Bertz CT molecular complexity index is 3620. The number of anilines is 6. The Labute approximate surface area is 510 Å². The SMILES string of the molecule is CCCCCCC(C)(C=Cc1ccc(C=Cc2ccc(N(c3ccc(C)cc3)c3ccc(C(C)(C=CC=Cc4ccccc4)CCCCC)cc3)cc2)cc1)c1ccc(N(c2ccc(C)cc2)c2ccc(C=CC=Cc3ccccc3)cc2)cc1. The van der Waals surface area contributed by atoms with Crippen LogP contribution in [0.5, 0.6) is 0 Å². The number of rotatable bonds is 27. The maximum absolute atomic E-state index is 2.45. The van der Waals surface area contributed by atoms with E-state index >= 15 is 0 Å². The van der Waals surface area contributed by atoms with Gasteiger partial charge in [0.1, 0.15) is 0 Å². The number of nitrogens with zero attached hydrogens (tertiary/aromatic N) is 2. The van der Waals surface area contributed by atoms with Crippen LogP contribution in [-0.2, 0) is 10.8 Å². The second kappa shape index (κ2) is 30.5. The van der Waals surface area contributed by atoms with Crippen molar-refractivity contribution in [1.82, 2.24) is 0 Å². The molecular weight excluding hydrogens is 1020 g/mol. The lowest BCUT2D eigenvalue weighted by molar-refractivity contribution is 0.494. The van der Waals surface area contributed by atoms with Gasteiger partial charge in [0.25, 0.3) is 0 Å². The fraction of sp³-hybridized carbons (Fsp3) is 0.205. The van der Waals surface area contributed by atoms with Crippen molar-refractivity contribution in [1.29, 1.82) is 0 Å². The Kier molecular flexibility index (Phi) is 21.8.